The van der Waals surface area contributed by atoms with E-state index in [0.717, 1.165) is 26.4 Å². The number of halogens is 7. The van der Waals surface area contributed by atoms with Gasteiger partial charge in [-0.2, -0.15) is 18.3 Å². The number of hydrogen-bond donors (Lipinski definition) is 0. The van der Waals surface area contributed by atoms with Crippen LogP contribution in [-0.4, -0.2) is 55.3 Å². The van der Waals surface area contributed by atoms with Crippen molar-refractivity contribution in [1.29, 1.82) is 0 Å². The van der Waals surface area contributed by atoms with Crippen LogP contribution in [-0.2, 0) is 17.8 Å². The topological polar surface area (TPSA) is 73.0 Å². The number of pyridine rings is 1. The van der Waals surface area contributed by atoms with E-state index in [-0.39, 0.29) is 29.6 Å². The van der Waals surface area contributed by atoms with Crippen molar-refractivity contribution >= 4 is 17.5 Å². The molecule has 4 heterocycles. The van der Waals surface area contributed by atoms with Crippen LogP contribution in [0.4, 0.5) is 26.3 Å². The summed E-state index contributed by atoms with van der Waals surface area (Å²) < 4.78 is 82.4. The maximum absolute atomic E-state index is 13.6. The van der Waals surface area contributed by atoms with Crippen molar-refractivity contribution in [3.05, 3.63) is 45.1 Å². The number of rotatable bonds is 3. The molecule has 2 atom stereocenters. The first kappa shape index (κ1) is 22.6. The van der Waals surface area contributed by atoms with Gasteiger partial charge in [0.2, 0.25) is 5.91 Å². The summed E-state index contributed by atoms with van der Waals surface area (Å²) in [5.74, 6) is -7.13. The zero-order chi connectivity index (χ0) is 23.4. The largest absolute Gasteiger partial charge is 0.392 e. The molecule has 0 spiro atoms. The molecular formula is C18H16ClF6N5O2. The Labute approximate surface area is 181 Å². The summed E-state index contributed by atoms with van der Waals surface area (Å²) in [5, 5.41) is 3.79. The van der Waals surface area contributed by atoms with E-state index in [1.807, 2.05) is 0 Å². The van der Waals surface area contributed by atoms with Gasteiger partial charge in [0, 0.05) is 19.4 Å². The molecule has 0 unspecified atom stereocenters. The van der Waals surface area contributed by atoms with Crippen LogP contribution < -0.4 is 5.69 Å². The maximum Gasteiger partial charge on any atom is 0.392 e. The third kappa shape index (κ3) is 4.21. The number of fused-ring (bicyclic) bond motifs is 1. The number of carbonyl (C=O) groups is 1. The molecule has 2 aromatic heterocycles. The predicted octanol–water partition coefficient (Wildman–Crippen LogP) is 2.81. The van der Waals surface area contributed by atoms with E-state index in [4.69, 9.17) is 11.6 Å². The van der Waals surface area contributed by atoms with Crippen molar-refractivity contribution in [2.24, 2.45) is 5.92 Å². The van der Waals surface area contributed by atoms with E-state index >= 15 is 0 Å². The molecule has 1 fully saturated rings. The van der Waals surface area contributed by atoms with Crippen LogP contribution in [0.3, 0.4) is 0 Å². The summed E-state index contributed by atoms with van der Waals surface area (Å²) in [5.41, 5.74) is -0.868. The highest BCUT2D eigenvalue weighted by Crippen LogP contribution is 2.40. The number of amides is 1. The number of alkyl halides is 5. The number of likely N-dealkylation sites (tertiary alicyclic amines) is 1. The molecule has 2 aliphatic heterocycles. The van der Waals surface area contributed by atoms with E-state index in [9.17, 15) is 35.9 Å². The Morgan fingerprint density at radius 2 is 2.03 bits per heavy atom. The van der Waals surface area contributed by atoms with Crippen LogP contribution in [0.2, 0.25) is 5.02 Å². The molecule has 0 radical (unpaired) electrons. The second-order valence-corrected chi connectivity index (χ2v) is 8.28. The van der Waals surface area contributed by atoms with E-state index in [1.165, 1.54) is 0 Å². The minimum Gasteiger partial charge on any atom is -0.335 e. The zero-order valence-electron chi connectivity index (χ0n) is 16.3. The standard InChI is InChI=1S/C18H16ClF6N5O2/c19-11-5-10(20)6-26-12(11)7-29-16(32)30-13(15(31)28-2-1-17(21,22)8-28)3-9(18(23,24)25)4-14(30)27-29/h5-6,9,13H,1-4,7-8H2/t9-,13-/m1/s1. The van der Waals surface area contributed by atoms with Gasteiger partial charge < -0.3 is 4.90 Å². The van der Waals surface area contributed by atoms with Gasteiger partial charge in [-0.25, -0.2) is 22.6 Å². The molecule has 32 heavy (non-hydrogen) atoms. The number of aromatic nitrogens is 4. The number of nitrogens with zero attached hydrogens (tertiary/aromatic N) is 5. The van der Waals surface area contributed by atoms with Gasteiger partial charge in [-0.05, 0) is 12.5 Å². The molecule has 1 saturated heterocycles. The molecule has 174 valence electrons. The van der Waals surface area contributed by atoms with Gasteiger partial charge >= 0.3 is 11.9 Å². The van der Waals surface area contributed by atoms with E-state index in [2.05, 4.69) is 10.1 Å². The minimum atomic E-state index is -4.68. The van der Waals surface area contributed by atoms with Gasteiger partial charge in [0.1, 0.15) is 17.7 Å². The van der Waals surface area contributed by atoms with Crippen LogP contribution in [0.25, 0.3) is 0 Å². The fourth-order valence-electron chi connectivity index (χ4n) is 4.00. The summed E-state index contributed by atoms with van der Waals surface area (Å²) in [4.78, 5) is 30.3. The zero-order valence-corrected chi connectivity index (χ0v) is 17.0. The van der Waals surface area contributed by atoms with Crippen LogP contribution >= 0.6 is 11.6 Å². The normalized spacial score (nSPS) is 22.8. The first-order chi connectivity index (χ1) is 14.9. The molecular weight excluding hydrogens is 468 g/mol. The van der Waals surface area contributed by atoms with Gasteiger partial charge in [0.05, 0.1) is 35.9 Å². The third-order valence-corrected chi connectivity index (χ3v) is 5.93. The molecule has 0 N–H and O–H groups in total. The molecule has 14 heteroatoms. The molecule has 0 aromatic carbocycles. The summed E-state index contributed by atoms with van der Waals surface area (Å²) in [6.45, 7) is -1.63. The lowest BCUT2D eigenvalue weighted by atomic mass is 9.91. The van der Waals surface area contributed by atoms with Gasteiger partial charge in [0.15, 0.2) is 0 Å². The van der Waals surface area contributed by atoms with Crippen molar-refractivity contribution in [2.45, 2.75) is 43.9 Å². The van der Waals surface area contributed by atoms with Crippen LogP contribution in [0, 0.1) is 11.7 Å². The van der Waals surface area contributed by atoms with Crippen molar-refractivity contribution in [1.82, 2.24) is 24.2 Å². The first-order valence-corrected chi connectivity index (χ1v) is 9.95. The SMILES string of the molecule is O=C([C@H]1C[C@@H](C(F)(F)F)Cc2nn(Cc3ncc(F)cc3Cl)c(=O)n21)N1CCC(F)(F)C1. The second-order valence-electron chi connectivity index (χ2n) is 7.87. The van der Waals surface area contributed by atoms with Crippen molar-refractivity contribution < 1.29 is 31.1 Å². The Hall–Kier alpha value is -2.57. The average molecular weight is 484 g/mol. The quantitative estimate of drug-likeness (QED) is 0.629. The lowest BCUT2D eigenvalue weighted by molar-refractivity contribution is -0.183. The van der Waals surface area contributed by atoms with Crippen LogP contribution in [0.1, 0.15) is 30.4 Å². The first-order valence-electron chi connectivity index (χ1n) is 9.57. The molecule has 4 rings (SSSR count). The lowest BCUT2D eigenvalue weighted by Crippen LogP contribution is -2.46. The second kappa shape index (κ2) is 7.78. The summed E-state index contributed by atoms with van der Waals surface area (Å²) >= 11 is 5.90. The highest BCUT2D eigenvalue weighted by molar-refractivity contribution is 6.31. The molecule has 0 bridgehead atoms. The molecule has 0 aliphatic carbocycles. The van der Waals surface area contributed by atoms with Crippen LogP contribution in [0.5, 0.6) is 0 Å². The van der Waals surface area contributed by atoms with Crippen molar-refractivity contribution in [3.8, 4) is 0 Å². The monoisotopic (exact) mass is 483 g/mol. The van der Waals surface area contributed by atoms with Gasteiger partial charge in [-0.15, -0.1) is 0 Å². The van der Waals surface area contributed by atoms with Gasteiger partial charge in [-0.1, -0.05) is 11.6 Å². The van der Waals surface area contributed by atoms with Gasteiger partial charge in [-0.3, -0.25) is 14.3 Å². The Morgan fingerprint density at radius 1 is 1.31 bits per heavy atom. The van der Waals surface area contributed by atoms with Gasteiger partial charge in [0.25, 0.3) is 5.92 Å². The Kier molecular flexibility index (Phi) is 5.50. The fourth-order valence-corrected chi connectivity index (χ4v) is 4.21. The minimum absolute atomic E-state index is 0.0417. The average Bonchev–Trinajstić information content (AvgIpc) is 3.21. The van der Waals surface area contributed by atoms with Crippen molar-refractivity contribution in [2.75, 3.05) is 13.1 Å². The number of carbonyl (C=O) groups excluding carboxylic acids is 1. The smallest absolute Gasteiger partial charge is 0.335 e. The Morgan fingerprint density at radius 3 is 2.62 bits per heavy atom. The molecule has 2 aromatic rings. The third-order valence-electron chi connectivity index (χ3n) is 5.60. The summed E-state index contributed by atoms with van der Waals surface area (Å²) in [6.07, 6.45) is -5.86. The van der Waals surface area contributed by atoms with Crippen molar-refractivity contribution in [3.63, 3.8) is 0 Å². The Bertz CT molecular complexity index is 1110. The molecule has 1 amide bonds. The number of hydrogen-bond acceptors (Lipinski definition) is 4. The lowest BCUT2D eigenvalue weighted by Gasteiger charge is -2.32. The van der Waals surface area contributed by atoms with E-state index < -0.39 is 67.3 Å². The molecule has 0 saturated carbocycles. The van der Waals surface area contributed by atoms with E-state index in [0.29, 0.717) is 0 Å². The predicted molar refractivity (Wildman–Crippen MR) is 97.8 cm³/mol. The maximum atomic E-state index is 13.6. The van der Waals surface area contributed by atoms with Crippen LogP contribution in [0.15, 0.2) is 17.1 Å². The Balaban J connectivity index is 1.71. The molecule has 2 aliphatic rings. The van der Waals surface area contributed by atoms with E-state index in [1.54, 1.807) is 0 Å². The fraction of sp³-hybridized carbons (Fsp3) is 0.556. The highest BCUT2D eigenvalue weighted by atomic mass is 35.5. The summed E-state index contributed by atoms with van der Waals surface area (Å²) in [6, 6.07) is -0.679. The highest BCUT2D eigenvalue weighted by Gasteiger charge is 2.50. The molecule has 7 nitrogen and oxygen atoms in total. The summed E-state index contributed by atoms with van der Waals surface area (Å²) in [7, 11) is 0.